The monoisotopic (exact) mass is 478 g/mol. The first-order valence-corrected chi connectivity index (χ1v) is 11.6. The van der Waals surface area contributed by atoms with E-state index in [4.69, 9.17) is 32.7 Å². The zero-order chi connectivity index (χ0) is 22.3. The standard InChI is InChI=1S/C22H20Cl2N2O4S/c1-2-29-21-13-16(14-25-26-31(27,28)18-9-4-3-5-10-18)12-20(24)22(21)30-15-17-8-6-7-11-19(17)23/h3-14,26H,2,15H2,1H3/b25-14-. The highest BCUT2D eigenvalue weighted by molar-refractivity contribution is 7.89. The van der Waals surface area contributed by atoms with Gasteiger partial charge in [-0.15, -0.1) is 0 Å². The van der Waals surface area contributed by atoms with Crippen LogP contribution in [0, 0.1) is 0 Å². The predicted octanol–water partition coefficient (Wildman–Crippen LogP) is 5.28. The normalized spacial score (nSPS) is 11.5. The number of benzene rings is 3. The van der Waals surface area contributed by atoms with Crippen LogP contribution < -0.4 is 14.3 Å². The highest BCUT2D eigenvalue weighted by Crippen LogP contribution is 2.37. The van der Waals surface area contributed by atoms with E-state index in [0.29, 0.717) is 33.7 Å². The number of nitrogens with zero attached hydrogens (tertiary/aromatic N) is 1. The smallest absolute Gasteiger partial charge is 0.276 e. The third-order valence-corrected chi connectivity index (χ3v) is 5.99. The molecule has 0 aromatic heterocycles. The third kappa shape index (κ3) is 6.13. The molecule has 0 atom stereocenters. The lowest BCUT2D eigenvalue weighted by molar-refractivity contribution is 0.269. The molecule has 3 aromatic rings. The molecule has 0 unspecified atom stereocenters. The molecule has 0 saturated carbocycles. The van der Waals surface area contributed by atoms with Crippen LogP contribution in [0.3, 0.4) is 0 Å². The van der Waals surface area contributed by atoms with E-state index in [0.717, 1.165) is 5.56 Å². The second kappa shape index (κ2) is 10.5. The fraction of sp³-hybridized carbons (Fsp3) is 0.136. The van der Waals surface area contributed by atoms with Gasteiger partial charge in [0.15, 0.2) is 11.5 Å². The maximum Gasteiger partial charge on any atom is 0.276 e. The van der Waals surface area contributed by atoms with Crippen molar-refractivity contribution >= 4 is 39.4 Å². The molecule has 0 spiro atoms. The van der Waals surface area contributed by atoms with Gasteiger partial charge >= 0.3 is 0 Å². The minimum Gasteiger partial charge on any atom is -0.490 e. The Morgan fingerprint density at radius 3 is 2.39 bits per heavy atom. The van der Waals surface area contributed by atoms with Crippen LogP contribution >= 0.6 is 23.2 Å². The summed E-state index contributed by atoms with van der Waals surface area (Å²) in [5.74, 6) is 0.778. The van der Waals surface area contributed by atoms with Gasteiger partial charge in [-0.2, -0.15) is 13.5 Å². The lowest BCUT2D eigenvalue weighted by Crippen LogP contribution is -2.18. The Labute approximate surface area is 191 Å². The molecule has 0 radical (unpaired) electrons. The minimum absolute atomic E-state index is 0.114. The summed E-state index contributed by atoms with van der Waals surface area (Å²) in [7, 11) is -3.76. The molecular formula is C22H20Cl2N2O4S. The van der Waals surface area contributed by atoms with Gasteiger partial charge in [0.05, 0.1) is 22.7 Å². The Hall–Kier alpha value is -2.74. The van der Waals surface area contributed by atoms with E-state index in [9.17, 15) is 8.42 Å². The number of hydrazone groups is 1. The van der Waals surface area contributed by atoms with Crippen molar-refractivity contribution in [3.63, 3.8) is 0 Å². The number of hydrogen-bond acceptors (Lipinski definition) is 5. The van der Waals surface area contributed by atoms with Crippen molar-refractivity contribution < 1.29 is 17.9 Å². The van der Waals surface area contributed by atoms with Crippen molar-refractivity contribution in [2.75, 3.05) is 6.61 Å². The fourth-order valence-electron chi connectivity index (χ4n) is 2.65. The van der Waals surface area contributed by atoms with Gasteiger partial charge in [-0.05, 0) is 42.8 Å². The molecule has 0 saturated heterocycles. The molecule has 6 nitrogen and oxygen atoms in total. The summed E-state index contributed by atoms with van der Waals surface area (Å²) in [4.78, 5) is 2.29. The summed E-state index contributed by atoms with van der Waals surface area (Å²) in [6.45, 7) is 2.43. The predicted molar refractivity (Wildman–Crippen MR) is 123 cm³/mol. The summed E-state index contributed by atoms with van der Waals surface area (Å²) >= 11 is 12.6. The van der Waals surface area contributed by atoms with E-state index in [1.165, 1.54) is 18.3 Å². The summed E-state index contributed by atoms with van der Waals surface area (Å²) in [5, 5.41) is 4.72. The average molecular weight is 479 g/mol. The summed E-state index contributed by atoms with van der Waals surface area (Å²) in [5.41, 5.74) is 1.35. The third-order valence-electron chi connectivity index (χ3n) is 4.10. The van der Waals surface area contributed by atoms with Crippen LogP contribution in [-0.2, 0) is 16.6 Å². The van der Waals surface area contributed by atoms with Crippen molar-refractivity contribution in [3.05, 3.63) is 87.9 Å². The van der Waals surface area contributed by atoms with E-state index in [2.05, 4.69) is 9.93 Å². The highest BCUT2D eigenvalue weighted by Gasteiger charge is 2.14. The first-order valence-electron chi connectivity index (χ1n) is 9.33. The van der Waals surface area contributed by atoms with E-state index in [1.54, 1.807) is 36.4 Å². The molecule has 162 valence electrons. The largest absolute Gasteiger partial charge is 0.490 e. The molecule has 0 bridgehead atoms. The van der Waals surface area contributed by atoms with Gasteiger partial charge in [0.1, 0.15) is 6.61 Å². The lowest BCUT2D eigenvalue weighted by Gasteiger charge is -2.15. The van der Waals surface area contributed by atoms with Crippen LogP contribution in [0.2, 0.25) is 10.0 Å². The van der Waals surface area contributed by atoms with E-state index < -0.39 is 10.0 Å². The zero-order valence-electron chi connectivity index (χ0n) is 16.6. The van der Waals surface area contributed by atoms with E-state index >= 15 is 0 Å². The van der Waals surface area contributed by atoms with Crippen LogP contribution in [0.25, 0.3) is 0 Å². The topological polar surface area (TPSA) is 77.0 Å². The number of nitrogens with one attached hydrogen (secondary N) is 1. The Balaban J connectivity index is 1.78. The summed E-state index contributed by atoms with van der Waals surface area (Å²) in [6, 6.07) is 18.6. The van der Waals surface area contributed by atoms with Crippen LogP contribution in [-0.4, -0.2) is 21.2 Å². The number of rotatable bonds is 9. The molecule has 0 heterocycles. The fourth-order valence-corrected chi connectivity index (χ4v) is 3.93. The lowest BCUT2D eigenvalue weighted by atomic mass is 10.2. The quantitative estimate of drug-likeness (QED) is 0.335. The molecule has 3 rings (SSSR count). The van der Waals surface area contributed by atoms with Crippen LogP contribution in [0.4, 0.5) is 0 Å². The highest BCUT2D eigenvalue weighted by atomic mass is 35.5. The molecule has 0 fully saturated rings. The number of ether oxygens (including phenoxy) is 2. The average Bonchev–Trinajstić information content (AvgIpc) is 2.75. The molecular weight excluding hydrogens is 459 g/mol. The molecule has 1 N–H and O–H groups in total. The van der Waals surface area contributed by atoms with E-state index in [1.807, 2.05) is 25.1 Å². The second-order valence-corrected chi connectivity index (χ2v) is 8.78. The first-order chi connectivity index (χ1) is 14.9. The minimum atomic E-state index is -3.76. The SMILES string of the molecule is CCOc1cc(/C=N\NS(=O)(=O)c2ccccc2)cc(Cl)c1OCc1ccccc1Cl. The first kappa shape index (κ1) is 22.9. The van der Waals surface area contributed by atoms with Crippen LogP contribution in [0.15, 0.2) is 76.7 Å². The van der Waals surface area contributed by atoms with Gasteiger partial charge < -0.3 is 9.47 Å². The Bertz CT molecular complexity index is 1170. The summed E-state index contributed by atoms with van der Waals surface area (Å²) in [6.07, 6.45) is 1.34. The molecule has 0 aliphatic carbocycles. The van der Waals surface area contributed by atoms with Gasteiger partial charge in [-0.3, -0.25) is 0 Å². The van der Waals surface area contributed by atoms with Gasteiger partial charge in [0.25, 0.3) is 10.0 Å². The number of sulfonamides is 1. The van der Waals surface area contributed by atoms with Crippen molar-refractivity contribution in [1.29, 1.82) is 0 Å². The van der Waals surface area contributed by atoms with Gasteiger partial charge in [0, 0.05) is 10.6 Å². The molecule has 9 heteroatoms. The zero-order valence-corrected chi connectivity index (χ0v) is 18.9. The molecule has 0 aliphatic rings. The Kier molecular flexibility index (Phi) is 7.79. The number of hydrogen-bond donors (Lipinski definition) is 1. The van der Waals surface area contributed by atoms with Crippen molar-refractivity contribution in [1.82, 2.24) is 4.83 Å². The molecule has 0 aliphatic heterocycles. The van der Waals surface area contributed by atoms with Gasteiger partial charge in [-0.25, -0.2) is 4.83 Å². The van der Waals surface area contributed by atoms with Crippen molar-refractivity contribution in [2.45, 2.75) is 18.4 Å². The number of halogens is 2. The Morgan fingerprint density at radius 2 is 1.68 bits per heavy atom. The second-order valence-electron chi connectivity index (χ2n) is 6.31. The summed E-state index contributed by atoms with van der Waals surface area (Å²) < 4.78 is 36.0. The van der Waals surface area contributed by atoms with E-state index in [-0.39, 0.29) is 11.5 Å². The van der Waals surface area contributed by atoms with Crippen molar-refractivity contribution in [3.8, 4) is 11.5 Å². The maximum absolute atomic E-state index is 12.3. The van der Waals surface area contributed by atoms with Crippen LogP contribution in [0.1, 0.15) is 18.1 Å². The van der Waals surface area contributed by atoms with Crippen LogP contribution in [0.5, 0.6) is 11.5 Å². The van der Waals surface area contributed by atoms with Gasteiger partial charge in [-0.1, -0.05) is 59.6 Å². The van der Waals surface area contributed by atoms with Crippen molar-refractivity contribution in [2.24, 2.45) is 5.10 Å². The molecule has 31 heavy (non-hydrogen) atoms. The molecule has 3 aromatic carbocycles. The maximum atomic E-state index is 12.3. The van der Waals surface area contributed by atoms with Gasteiger partial charge in [0.2, 0.25) is 0 Å². The Morgan fingerprint density at radius 1 is 0.968 bits per heavy atom. The molecule has 0 amide bonds.